The van der Waals surface area contributed by atoms with E-state index in [0.29, 0.717) is 0 Å². The summed E-state index contributed by atoms with van der Waals surface area (Å²) in [5.41, 5.74) is 1.78. The summed E-state index contributed by atoms with van der Waals surface area (Å²) in [4.78, 5) is 0. The molecular formula is C12H17FO. The summed E-state index contributed by atoms with van der Waals surface area (Å²) >= 11 is 0. The molecule has 1 atom stereocenters. The van der Waals surface area contributed by atoms with Crippen molar-refractivity contribution in [3.05, 3.63) is 35.1 Å². The van der Waals surface area contributed by atoms with Crippen LogP contribution in [-0.4, -0.2) is 5.11 Å². The molecule has 0 unspecified atom stereocenters. The summed E-state index contributed by atoms with van der Waals surface area (Å²) in [6.45, 7) is 3.81. The van der Waals surface area contributed by atoms with Crippen molar-refractivity contribution < 1.29 is 9.50 Å². The number of hydrogen-bond donors (Lipinski definition) is 1. The molecule has 14 heavy (non-hydrogen) atoms. The second-order valence-electron chi connectivity index (χ2n) is 3.62. The van der Waals surface area contributed by atoms with E-state index in [0.717, 1.165) is 30.4 Å². The minimum absolute atomic E-state index is 0.222. The standard InChI is InChI=1S/C12H17FO/c1-3-4-5-10-8-11(13)6-7-12(10)9(2)14/h6-9,14H,3-5H2,1-2H3/t9-/m0/s1. The van der Waals surface area contributed by atoms with E-state index in [9.17, 15) is 9.50 Å². The van der Waals surface area contributed by atoms with E-state index in [1.165, 1.54) is 12.1 Å². The first-order valence-electron chi connectivity index (χ1n) is 5.11. The molecule has 0 saturated carbocycles. The fraction of sp³-hybridized carbons (Fsp3) is 0.500. The molecule has 1 rings (SSSR count). The Balaban J connectivity index is 2.91. The number of aliphatic hydroxyl groups is 1. The monoisotopic (exact) mass is 196 g/mol. The molecule has 0 aromatic heterocycles. The van der Waals surface area contributed by atoms with Gasteiger partial charge < -0.3 is 5.11 Å². The van der Waals surface area contributed by atoms with Crippen molar-refractivity contribution in [2.75, 3.05) is 0 Å². The Kier molecular flexibility index (Phi) is 4.08. The topological polar surface area (TPSA) is 20.2 Å². The number of aryl methyl sites for hydroxylation is 1. The molecule has 0 amide bonds. The van der Waals surface area contributed by atoms with Gasteiger partial charge in [0.1, 0.15) is 5.82 Å². The van der Waals surface area contributed by atoms with Crippen LogP contribution in [0.1, 0.15) is 43.9 Å². The highest BCUT2D eigenvalue weighted by atomic mass is 19.1. The molecule has 2 heteroatoms. The highest BCUT2D eigenvalue weighted by Crippen LogP contribution is 2.20. The summed E-state index contributed by atoms with van der Waals surface area (Å²) in [7, 11) is 0. The lowest BCUT2D eigenvalue weighted by Crippen LogP contribution is -1.99. The maximum atomic E-state index is 13.0. The van der Waals surface area contributed by atoms with Gasteiger partial charge in [-0.1, -0.05) is 19.4 Å². The van der Waals surface area contributed by atoms with Gasteiger partial charge in [-0.25, -0.2) is 4.39 Å². The number of aliphatic hydroxyl groups excluding tert-OH is 1. The van der Waals surface area contributed by atoms with Crippen LogP contribution in [0.3, 0.4) is 0 Å². The highest BCUT2D eigenvalue weighted by Gasteiger charge is 2.08. The maximum Gasteiger partial charge on any atom is 0.123 e. The molecule has 78 valence electrons. The molecule has 0 aliphatic carbocycles. The second-order valence-corrected chi connectivity index (χ2v) is 3.62. The van der Waals surface area contributed by atoms with Gasteiger partial charge >= 0.3 is 0 Å². The summed E-state index contributed by atoms with van der Waals surface area (Å²) in [6, 6.07) is 4.60. The zero-order valence-corrected chi connectivity index (χ0v) is 8.76. The SMILES string of the molecule is CCCCc1cc(F)ccc1[C@H](C)O. The molecule has 1 aromatic carbocycles. The van der Waals surface area contributed by atoms with Crippen molar-refractivity contribution in [2.24, 2.45) is 0 Å². The Bertz CT molecular complexity index is 294. The fourth-order valence-electron chi connectivity index (χ4n) is 1.57. The molecule has 0 heterocycles. The van der Waals surface area contributed by atoms with Crippen LogP contribution >= 0.6 is 0 Å². The Labute approximate surface area is 84.6 Å². The first-order valence-corrected chi connectivity index (χ1v) is 5.11. The van der Waals surface area contributed by atoms with Gasteiger partial charge in [-0.05, 0) is 43.0 Å². The van der Waals surface area contributed by atoms with Crippen LogP contribution in [0.4, 0.5) is 4.39 Å². The molecule has 1 N–H and O–H groups in total. The summed E-state index contributed by atoms with van der Waals surface area (Å²) in [5, 5.41) is 9.47. The van der Waals surface area contributed by atoms with E-state index < -0.39 is 6.10 Å². The summed E-state index contributed by atoms with van der Waals surface area (Å²) in [6.07, 6.45) is 2.44. The third kappa shape index (κ3) is 2.81. The Morgan fingerprint density at radius 1 is 1.43 bits per heavy atom. The summed E-state index contributed by atoms with van der Waals surface area (Å²) < 4.78 is 13.0. The Hall–Kier alpha value is -0.890. The number of hydrogen-bond acceptors (Lipinski definition) is 1. The molecule has 0 spiro atoms. The van der Waals surface area contributed by atoms with Gasteiger partial charge in [0.15, 0.2) is 0 Å². The lowest BCUT2D eigenvalue weighted by atomic mass is 9.99. The van der Waals surface area contributed by atoms with Crippen molar-refractivity contribution >= 4 is 0 Å². The first kappa shape index (κ1) is 11.2. The predicted molar refractivity (Wildman–Crippen MR) is 55.6 cm³/mol. The lowest BCUT2D eigenvalue weighted by Gasteiger charge is -2.11. The van der Waals surface area contributed by atoms with Crippen LogP contribution in [0.15, 0.2) is 18.2 Å². The van der Waals surface area contributed by atoms with Crippen LogP contribution in [0.25, 0.3) is 0 Å². The predicted octanol–water partition coefficient (Wildman–Crippen LogP) is 3.22. The van der Waals surface area contributed by atoms with Crippen LogP contribution in [0.5, 0.6) is 0 Å². The Morgan fingerprint density at radius 3 is 2.71 bits per heavy atom. The van der Waals surface area contributed by atoms with Crippen LogP contribution < -0.4 is 0 Å². The number of benzene rings is 1. The van der Waals surface area contributed by atoms with Crippen molar-refractivity contribution in [3.8, 4) is 0 Å². The molecule has 1 aromatic rings. The van der Waals surface area contributed by atoms with Crippen LogP contribution in [0, 0.1) is 5.82 Å². The third-order valence-electron chi connectivity index (χ3n) is 2.35. The van der Waals surface area contributed by atoms with Gasteiger partial charge in [0.05, 0.1) is 6.10 Å². The summed E-state index contributed by atoms with van der Waals surface area (Å²) in [5.74, 6) is -0.222. The molecule has 0 radical (unpaired) electrons. The number of rotatable bonds is 4. The van der Waals surface area contributed by atoms with Gasteiger partial charge in [0.2, 0.25) is 0 Å². The third-order valence-corrected chi connectivity index (χ3v) is 2.35. The highest BCUT2D eigenvalue weighted by molar-refractivity contribution is 5.29. The van der Waals surface area contributed by atoms with Crippen molar-refractivity contribution in [1.29, 1.82) is 0 Å². The van der Waals surface area contributed by atoms with E-state index >= 15 is 0 Å². The molecule has 0 aliphatic rings. The van der Waals surface area contributed by atoms with E-state index in [2.05, 4.69) is 6.92 Å². The first-order chi connectivity index (χ1) is 6.65. The van der Waals surface area contributed by atoms with Crippen LogP contribution in [-0.2, 0) is 6.42 Å². The van der Waals surface area contributed by atoms with Gasteiger partial charge in [-0.15, -0.1) is 0 Å². The number of halogens is 1. The normalized spacial score (nSPS) is 12.9. The van der Waals surface area contributed by atoms with E-state index in [1.807, 2.05) is 0 Å². The quantitative estimate of drug-likeness (QED) is 0.784. The largest absolute Gasteiger partial charge is 0.389 e. The fourth-order valence-corrected chi connectivity index (χ4v) is 1.57. The Morgan fingerprint density at radius 2 is 2.14 bits per heavy atom. The minimum Gasteiger partial charge on any atom is -0.389 e. The van der Waals surface area contributed by atoms with E-state index in [4.69, 9.17) is 0 Å². The average molecular weight is 196 g/mol. The zero-order valence-electron chi connectivity index (χ0n) is 8.76. The van der Waals surface area contributed by atoms with Gasteiger partial charge in [0, 0.05) is 0 Å². The number of unbranched alkanes of at least 4 members (excludes halogenated alkanes) is 1. The second kappa shape index (κ2) is 5.11. The van der Waals surface area contributed by atoms with Gasteiger partial charge in [0.25, 0.3) is 0 Å². The van der Waals surface area contributed by atoms with Gasteiger partial charge in [-0.3, -0.25) is 0 Å². The van der Waals surface area contributed by atoms with Crippen molar-refractivity contribution in [1.82, 2.24) is 0 Å². The molecule has 0 fully saturated rings. The smallest absolute Gasteiger partial charge is 0.123 e. The molecule has 0 saturated heterocycles. The van der Waals surface area contributed by atoms with E-state index in [1.54, 1.807) is 13.0 Å². The van der Waals surface area contributed by atoms with Crippen molar-refractivity contribution in [2.45, 2.75) is 39.2 Å². The van der Waals surface area contributed by atoms with Gasteiger partial charge in [-0.2, -0.15) is 0 Å². The lowest BCUT2D eigenvalue weighted by molar-refractivity contribution is 0.198. The molecule has 1 nitrogen and oxygen atoms in total. The zero-order chi connectivity index (χ0) is 10.6. The molecule has 0 bridgehead atoms. The average Bonchev–Trinajstić information content (AvgIpc) is 2.14. The molecular weight excluding hydrogens is 179 g/mol. The molecule has 0 aliphatic heterocycles. The van der Waals surface area contributed by atoms with Crippen molar-refractivity contribution in [3.63, 3.8) is 0 Å². The van der Waals surface area contributed by atoms with E-state index in [-0.39, 0.29) is 5.82 Å². The van der Waals surface area contributed by atoms with Crippen LogP contribution in [0.2, 0.25) is 0 Å². The minimum atomic E-state index is -0.512. The maximum absolute atomic E-state index is 13.0.